The van der Waals surface area contributed by atoms with E-state index in [4.69, 9.17) is 0 Å². The van der Waals surface area contributed by atoms with Crippen molar-refractivity contribution in [3.8, 4) is 0 Å². The van der Waals surface area contributed by atoms with Gasteiger partial charge in [-0.05, 0) is 37.8 Å². The van der Waals surface area contributed by atoms with Crippen molar-refractivity contribution in [2.45, 2.75) is 53.5 Å². The summed E-state index contributed by atoms with van der Waals surface area (Å²) in [5.41, 5.74) is 0.461. The molecule has 0 spiro atoms. The number of carbonyl (C=O) groups excluding carboxylic acids is 2. The lowest BCUT2D eigenvalue weighted by molar-refractivity contribution is -0.149. The van der Waals surface area contributed by atoms with Crippen LogP contribution >= 0.6 is 0 Å². The number of nitrogens with one attached hydrogen (secondary N) is 2. The van der Waals surface area contributed by atoms with E-state index in [2.05, 4.69) is 10.6 Å². The molecule has 0 fully saturated rings. The van der Waals surface area contributed by atoms with Crippen LogP contribution in [-0.4, -0.2) is 35.5 Å². The van der Waals surface area contributed by atoms with Crippen molar-refractivity contribution in [3.05, 3.63) is 35.4 Å². The van der Waals surface area contributed by atoms with E-state index in [1.807, 2.05) is 26.8 Å². The third-order valence-electron chi connectivity index (χ3n) is 4.92. The van der Waals surface area contributed by atoms with E-state index in [1.165, 1.54) is 0 Å². The zero-order chi connectivity index (χ0) is 19.9. The molecule has 2 amide bonds. The molecule has 0 heterocycles. The molecule has 0 saturated heterocycles. The van der Waals surface area contributed by atoms with E-state index >= 15 is 0 Å². The Bertz CT molecular complexity index is 651. The van der Waals surface area contributed by atoms with Gasteiger partial charge in [-0.25, -0.2) is 0 Å². The second-order valence-corrected chi connectivity index (χ2v) is 7.08. The molecule has 0 bridgehead atoms. The molecule has 3 N–H and O–H groups in total. The van der Waals surface area contributed by atoms with E-state index in [-0.39, 0.29) is 24.3 Å². The van der Waals surface area contributed by atoms with Gasteiger partial charge in [-0.3, -0.25) is 14.4 Å². The largest absolute Gasteiger partial charge is 0.481 e. The number of aliphatic carboxylic acids is 1. The predicted molar refractivity (Wildman–Crippen MR) is 101 cm³/mol. The van der Waals surface area contributed by atoms with Gasteiger partial charge in [0.2, 0.25) is 5.91 Å². The minimum atomic E-state index is -0.988. The fourth-order valence-electron chi connectivity index (χ4n) is 2.79. The normalized spacial score (nSPS) is 12.5. The van der Waals surface area contributed by atoms with E-state index < -0.39 is 17.4 Å². The summed E-state index contributed by atoms with van der Waals surface area (Å²) in [6.07, 6.45) is 0.836. The highest BCUT2D eigenvalue weighted by molar-refractivity contribution is 5.97. The average molecular weight is 362 g/mol. The molecule has 0 aliphatic carbocycles. The van der Waals surface area contributed by atoms with Crippen LogP contribution < -0.4 is 10.6 Å². The first-order chi connectivity index (χ1) is 12.2. The molecule has 0 saturated carbocycles. The minimum Gasteiger partial charge on any atom is -0.481 e. The van der Waals surface area contributed by atoms with Gasteiger partial charge in [-0.15, -0.1) is 0 Å². The summed E-state index contributed by atoms with van der Waals surface area (Å²) in [7, 11) is 0. The molecule has 26 heavy (non-hydrogen) atoms. The maximum absolute atomic E-state index is 12.6. The van der Waals surface area contributed by atoms with Gasteiger partial charge in [0.1, 0.15) is 6.04 Å². The predicted octanol–water partition coefficient (Wildman–Crippen LogP) is 2.76. The van der Waals surface area contributed by atoms with Crippen molar-refractivity contribution in [1.29, 1.82) is 0 Å². The number of aryl methyl sites for hydroxylation is 1. The lowest BCUT2D eigenvalue weighted by atomic mass is 9.82. The quantitative estimate of drug-likeness (QED) is 0.629. The molecule has 0 aliphatic heterocycles. The Balaban J connectivity index is 2.84. The van der Waals surface area contributed by atoms with Gasteiger partial charge in [0, 0.05) is 12.1 Å². The van der Waals surface area contributed by atoms with Crippen LogP contribution in [0, 0.1) is 18.3 Å². The molecule has 1 aromatic rings. The fraction of sp³-hybridized carbons (Fsp3) is 0.550. The highest BCUT2D eigenvalue weighted by Gasteiger charge is 2.36. The molecular formula is C20H30N2O4. The number of amides is 2. The summed E-state index contributed by atoms with van der Waals surface area (Å²) in [4.78, 5) is 36.6. The van der Waals surface area contributed by atoms with Crippen LogP contribution in [0.5, 0.6) is 0 Å². The molecular weight excluding hydrogens is 332 g/mol. The van der Waals surface area contributed by atoms with Gasteiger partial charge < -0.3 is 15.7 Å². The number of benzene rings is 1. The van der Waals surface area contributed by atoms with Crippen LogP contribution in [0.3, 0.4) is 0 Å². The van der Waals surface area contributed by atoms with Gasteiger partial charge in [0.25, 0.3) is 5.91 Å². The maximum atomic E-state index is 12.6. The number of hydrogen-bond donors (Lipinski definition) is 3. The van der Waals surface area contributed by atoms with Gasteiger partial charge >= 0.3 is 5.97 Å². The maximum Gasteiger partial charge on any atom is 0.311 e. The molecule has 0 aromatic heterocycles. The summed E-state index contributed by atoms with van der Waals surface area (Å²) in [6.45, 7) is 9.20. The van der Waals surface area contributed by atoms with Crippen LogP contribution in [0.25, 0.3) is 0 Å². The summed E-state index contributed by atoms with van der Waals surface area (Å²) < 4.78 is 0. The molecule has 6 nitrogen and oxygen atoms in total. The molecule has 1 rings (SSSR count). The number of carbonyl (C=O) groups is 3. The SMILES string of the molecule is CCC(CC)(CNC(=O)C(NC(=O)c1cccc(C)c1)C(C)C)C(=O)O. The Labute approximate surface area is 155 Å². The second kappa shape index (κ2) is 9.36. The summed E-state index contributed by atoms with van der Waals surface area (Å²) >= 11 is 0. The number of carboxylic acids is 1. The van der Waals surface area contributed by atoms with Crippen LogP contribution in [0.4, 0.5) is 0 Å². The Hall–Kier alpha value is -2.37. The molecule has 144 valence electrons. The summed E-state index contributed by atoms with van der Waals surface area (Å²) in [6, 6.07) is 6.40. The zero-order valence-electron chi connectivity index (χ0n) is 16.3. The highest BCUT2D eigenvalue weighted by Crippen LogP contribution is 2.25. The Morgan fingerprint density at radius 1 is 1.15 bits per heavy atom. The van der Waals surface area contributed by atoms with Crippen LogP contribution in [-0.2, 0) is 9.59 Å². The molecule has 6 heteroatoms. The lowest BCUT2D eigenvalue weighted by Crippen LogP contribution is -2.52. The highest BCUT2D eigenvalue weighted by atomic mass is 16.4. The standard InChI is InChI=1S/C20H30N2O4/c1-6-20(7-2,19(25)26)12-21-18(24)16(13(3)4)22-17(23)15-10-8-9-14(5)11-15/h8-11,13,16H,6-7,12H2,1-5H3,(H,21,24)(H,22,23)(H,25,26). The van der Waals surface area contributed by atoms with Gasteiger partial charge in [0.15, 0.2) is 0 Å². The van der Waals surface area contributed by atoms with Gasteiger partial charge in [-0.2, -0.15) is 0 Å². The third-order valence-corrected chi connectivity index (χ3v) is 4.92. The smallest absolute Gasteiger partial charge is 0.311 e. The van der Waals surface area contributed by atoms with Crippen molar-refractivity contribution in [1.82, 2.24) is 10.6 Å². The van der Waals surface area contributed by atoms with Gasteiger partial charge in [0.05, 0.1) is 5.41 Å². The number of carboxylic acid groups (broad SMARTS) is 1. The monoisotopic (exact) mass is 362 g/mol. The zero-order valence-corrected chi connectivity index (χ0v) is 16.3. The van der Waals surface area contributed by atoms with E-state index in [0.29, 0.717) is 18.4 Å². The number of rotatable bonds is 9. The first-order valence-corrected chi connectivity index (χ1v) is 9.05. The second-order valence-electron chi connectivity index (χ2n) is 7.08. The van der Waals surface area contributed by atoms with Crippen LogP contribution in [0.2, 0.25) is 0 Å². The lowest BCUT2D eigenvalue weighted by Gasteiger charge is -2.29. The van der Waals surface area contributed by atoms with Crippen LogP contribution in [0.15, 0.2) is 24.3 Å². The van der Waals surface area contributed by atoms with Crippen molar-refractivity contribution in [2.24, 2.45) is 11.3 Å². The summed E-state index contributed by atoms with van der Waals surface area (Å²) in [5.74, 6) is -1.74. The molecule has 1 aromatic carbocycles. The third kappa shape index (κ3) is 5.31. The Morgan fingerprint density at radius 3 is 2.23 bits per heavy atom. The topological polar surface area (TPSA) is 95.5 Å². The van der Waals surface area contributed by atoms with Gasteiger partial charge in [-0.1, -0.05) is 45.4 Å². The first kappa shape index (κ1) is 21.7. The van der Waals surface area contributed by atoms with E-state index in [0.717, 1.165) is 5.56 Å². The van der Waals surface area contributed by atoms with Crippen molar-refractivity contribution in [2.75, 3.05) is 6.54 Å². The first-order valence-electron chi connectivity index (χ1n) is 9.05. The number of hydrogen-bond acceptors (Lipinski definition) is 3. The van der Waals surface area contributed by atoms with Crippen molar-refractivity contribution < 1.29 is 19.5 Å². The summed E-state index contributed by atoms with van der Waals surface area (Å²) in [5, 5.41) is 15.0. The molecule has 0 radical (unpaired) electrons. The van der Waals surface area contributed by atoms with E-state index in [1.54, 1.807) is 32.0 Å². The van der Waals surface area contributed by atoms with E-state index in [9.17, 15) is 19.5 Å². The molecule has 1 unspecified atom stereocenters. The molecule has 1 atom stereocenters. The molecule has 0 aliphatic rings. The minimum absolute atomic E-state index is 0.0394. The van der Waals surface area contributed by atoms with Crippen molar-refractivity contribution >= 4 is 17.8 Å². The van der Waals surface area contributed by atoms with Crippen molar-refractivity contribution in [3.63, 3.8) is 0 Å². The Morgan fingerprint density at radius 2 is 1.77 bits per heavy atom. The van der Waals surface area contributed by atoms with Crippen LogP contribution in [0.1, 0.15) is 56.5 Å². The fourth-order valence-corrected chi connectivity index (χ4v) is 2.79. The Kier molecular flexibility index (Phi) is 7.80. The average Bonchev–Trinajstić information content (AvgIpc) is 2.60.